The number of nitrogens with one attached hydrogen (secondary N) is 1. The summed E-state index contributed by atoms with van der Waals surface area (Å²) in [6.45, 7) is -0.294. The molecule has 0 aromatic heterocycles. The van der Waals surface area contributed by atoms with E-state index in [1.165, 1.54) is 18.2 Å². The molecule has 0 heterocycles. The molecule has 1 aromatic carbocycles. The molecule has 0 saturated carbocycles. The first-order chi connectivity index (χ1) is 8.62. The summed E-state index contributed by atoms with van der Waals surface area (Å²) < 4.78 is 62.0. The van der Waals surface area contributed by atoms with Crippen molar-refractivity contribution in [3.05, 3.63) is 22.7 Å². The molecule has 0 unspecified atom stereocenters. The molecule has 108 valence electrons. The van der Waals surface area contributed by atoms with E-state index >= 15 is 0 Å². The van der Waals surface area contributed by atoms with Crippen LogP contribution < -0.4 is 10.5 Å². The summed E-state index contributed by atoms with van der Waals surface area (Å²) in [5.41, 5.74) is 5.58. The van der Waals surface area contributed by atoms with Crippen LogP contribution in [0.15, 0.2) is 27.6 Å². The Bertz CT molecular complexity index is 546. The number of benzene rings is 1. The largest absolute Gasteiger partial charge is 0.398 e. The summed E-state index contributed by atoms with van der Waals surface area (Å²) in [5, 5.41) is 0. The molecule has 0 saturated heterocycles. The topological polar surface area (TPSA) is 72.2 Å². The van der Waals surface area contributed by atoms with E-state index in [2.05, 4.69) is 20.7 Å². The average Bonchev–Trinajstić information content (AvgIpc) is 2.22. The van der Waals surface area contributed by atoms with E-state index in [0.29, 0.717) is 4.47 Å². The van der Waals surface area contributed by atoms with Crippen LogP contribution in [0.25, 0.3) is 0 Å². The number of nitrogen functional groups attached to an aromatic ring is 1. The fraction of sp³-hybridized carbons (Fsp3) is 0.400. The van der Waals surface area contributed by atoms with Gasteiger partial charge in [-0.25, -0.2) is 13.1 Å². The van der Waals surface area contributed by atoms with Crippen LogP contribution in [-0.4, -0.2) is 21.1 Å². The Hall–Kier alpha value is -0.800. The third-order valence-electron chi connectivity index (χ3n) is 2.19. The van der Waals surface area contributed by atoms with E-state index in [-0.39, 0.29) is 23.5 Å². The van der Waals surface area contributed by atoms with Crippen LogP contribution in [-0.2, 0) is 10.0 Å². The Morgan fingerprint density at radius 3 is 2.47 bits per heavy atom. The van der Waals surface area contributed by atoms with Crippen molar-refractivity contribution in [2.24, 2.45) is 0 Å². The van der Waals surface area contributed by atoms with Crippen LogP contribution in [0.4, 0.5) is 18.9 Å². The number of hydrogen-bond donors (Lipinski definition) is 2. The predicted octanol–water partition coefficient (Wildman–Crippen LogP) is 2.65. The highest BCUT2D eigenvalue weighted by atomic mass is 79.9. The monoisotopic (exact) mass is 360 g/mol. The second kappa shape index (κ2) is 6.10. The number of halogens is 4. The van der Waals surface area contributed by atoms with Gasteiger partial charge in [0, 0.05) is 17.4 Å². The van der Waals surface area contributed by atoms with E-state index in [1.807, 2.05) is 0 Å². The van der Waals surface area contributed by atoms with Crippen molar-refractivity contribution in [3.63, 3.8) is 0 Å². The highest BCUT2D eigenvalue weighted by Gasteiger charge is 2.26. The third-order valence-corrected chi connectivity index (χ3v) is 4.22. The number of nitrogens with two attached hydrogens (primary N) is 1. The van der Waals surface area contributed by atoms with Crippen molar-refractivity contribution in [2.75, 3.05) is 12.3 Å². The number of anilines is 1. The van der Waals surface area contributed by atoms with Crippen molar-refractivity contribution in [1.82, 2.24) is 4.72 Å². The van der Waals surface area contributed by atoms with Crippen molar-refractivity contribution in [3.8, 4) is 0 Å². The summed E-state index contributed by atoms with van der Waals surface area (Å²) in [7, 11) is -3.89. The molecule has 9 heteroatoms. The maximum Gasteiger partial charge on any atom is 0.389 e. The fourth-order valence-corrected chi connectivity index (χ4v) is 2.90. The lowest BCUT2D eigenvalue weighted by Crippen LogP contribution is -2.26. The Balaban J connectivity index is 2.66. The molecular formula is C10H12BrF3N2O2S. The SMILES string of the molecule is Nc1cc(Br)ccc1S(=O)(=O)NCCCC(F)(F)F. The Kier molecular flexibility index (Phi) is 5.22. The molecule has 0 aliphatic carbocycles. The number of hydrogen-bond acceptors (Lipinski definition) is 3. The van der Waals surface area contributed by atoms with Crippen LogP contribution in [0.1, 0.15) is 12.8 Å². The van der Waals surface area contributed by atoms with E-state index < -0.39 is 22.6 Å². The van der Waals surface area contributed by atoms with E-state index in [4.69, 9.17) is 5.73 Å². The van der Waals surface area contributed by atoms with Gasteiger partial charge in [0.05, 0.1) is 5.69 Å². The maximum atomic E-state index is 11.9. The van der Waals surface area contributed by atoms with Gasteiger partial charge in [-0.2, -0.15) is 13.2 Å². The summed E-state index contributed by atoms with van der Waals surface area (Å²) in [5.74, 6) is 0. The zero-order valence-electron chi connectivity index (χ0n) is 9.67. The second-order valence-corrected chi connectivity index (χ2v) is 6.45. The molecule has 19 heavy (non-hydrogen) atoms. The molecule has 0 bridgehead atoms. The molecule has 0 fully saturated rings. The second-order valence-electron chi connectivity index (χ2n) is 3.80. The number of sulfonamides is 1. The van der Waals surface area contributed by atoms with Gasteiger partial charge in [0.25, 0.3) is 0 Å². The molecule has 0 aliphatic heterocycles. The zero-order chi connectivity index (χ0) is 14.7. The van der Waals surface area contributed by atoms with Crippen molar-refractivity contribution in [1.29, 1.82) is 0 Å². The fourth-order valence-electron chi connectivity index (χ4n) is 1.34. The Morgan fingerprint density at radius 1 is 1.32 bits per heavy atom. The molecule has 4 nitrogen and oxygen atoms in total. The van der Waals surface area contributed by atoms with Gasteiger partial charge in [0.15, 0.2) is 0 Å². The van der Waals surface area contributed by atoms with Gasteiger partial charge >= 0.3 is 6.18 Å². The van der Waals surface area contributed by atoms with Gasteiger partial charge < -0.3 is 5.73 Å². The standard InChI is InChI=1S/C10H12BrF3N2O2S/c11-7-2-3-9(8(15)6-7)19(17,18)16-5-1-4-10(12,13)14/h2-3,6,16H,1,4-5,15H2. The highest BCUT2D eigenvalue weighted by molar-refractivity contribution is 9.10. The first-order valence-electron chi connectivity index (χ1n) is 5.23. The van der Waals surface area contributed by atoms with E-state index in [1.54, 1.807) is 0 Å². The lowest BCUT2D eigenvalue weighted by atomic mass is 10.3. The van der Waals surface area contributed by atoms with Gasteiger partial charge in [-0.1, -0.05) is 15.9 Å². The lowest BCUT2D eigenvalue weighted by molar-refractivity contribution is -0.135. The van der Waals surface area contributed by atoms with Crippen molar-refractivity contribution < 1.29 is 21.6 Å². The summed E-state index contributed by atoms with van der Waals surface area (Å²) >= 11 is 3.13. The molecule has 1 aromatic rings. The Morgan fingerprint density at radius 2 is 1.95 bits per heavy atom. The first kappa shape index (κ1) is 16.3. The van der Waals surface area contributed by atoms with Gasteiger partial charge in [-0.05, 0) is 24.6 Å². The van der Waals surface area contributed by atoms with Crippen LogP contribution >= 0.6 is 15.9 Å². The molecule has 0 atom stereocenters. The Labute approximate surface area is 117 Å². The number of alkyl halides is 3. The smallest absolute Gasteiger partial charge is 0.389 e. The molecule has 1 rings (SSSR count). The minimum atomic E-state index is -4.29. The normalized spacial score (nSPS) is 12.6. The number of rotatable bonds is 5. The van der Waals surface area contributed by atoms with Crippen LogP contribution in [0, 0.1) is 0 Å². The average molecular weight is 361 g/mol. The van der Waals surface area contributed by atoms with Crippen LogP contribution in [0.5, 0.6) is 0 Å². The van der Waals surface area contributed by atoms with Crippen molar-refractivity contribution >= 4 is 31.6 Å². The molecule has 3 N–H and O–H groups in total. The molecular weight excluding hydrogens is 349 g/mol. The molecule has 0 amide bonds. The molecule has 0 spiro atoms. The highest BCUT2D eigenvalue weighted by Crippen LogP contribution is 2.23. The van der Waals surface area contributed by atoms with E-state index in [0.717, 1.165) is 0 Å². The first-order valence-corrected chi connectivity index (χ1v) is 7.51. The van der Waals surface area contributed by atoms with E-state index in [9.17, 15) is 21.6 Å². The van der Waals surface area contributed by atoms with Gasteiger partial charge in [-0.15, -0.1) is 0 Å². The quantitative estimate of drug-likeness (QED) is 0.626. The van der Waals surface area contributed by atoms with Crippen LogP contribution in [0.3, 0.4) is 0 Å². The molecule has 0 radical (unpaired) electrons. The summed E-state index contributed by atoms with van der Waals surface area (Å²) in [6, 6.07) is 4.18. The van der Waals surface area contributed by atoms with Crippen LogP contribution in [0.2, 0.25) is 0 Å². The maximum absolute atomic E-state index is 11.9. The third kappa shape index (κ3) is 5.37. The van der Waals surface area contributed by atoms with Crippen molar-refractivity contribution in [2.45, 2.75) is 23.9 Å². The van der Waals surface area contributed by atoms with Gasteiger partial charge in [-0.3, -0.25) is 0 Å². The minimum Gasteiger partial charge on any atom is -0.398 e. The molecule has 0 aliphatic rings. The van der Waals surface area contributed by atoms with Gasteiger partial charge in [0.2, 0.25) is 10.0 Å². The minimum absolute atomic E-state index is 0.0256. The summed E-state index contributed by atoms with van der Waals surface area (Å²) in [6.07, 6.45) is -5.65. The predicted molar refractivity (Wildman–Crippen MR) is 69.0 cm³/mol. The zero-order valence-corrected chi connectivity index (χ0v) is 12.1. The summed E-state index contributed by atoms with van der Waals surface area (Å²) in [4.78, 5) is -0.150. The lowest BCUT2D eigenvalue weighted by Gasteiger charge is -2.10. The van der Waals surface area contributed by atoms with Gasteiger partial charge in [0.1, 0.15) is 4.90 Å².